The van der Waals surface area contributed by atoms with Gasteiger partial charge in [-0.3, -0.25) is 4.79 Å². The van der Waals surface area contributed by atoms with Crippen molar-refractivity contribution in [2.75, 3.05) is 0 Å². The van der Waals surface area contributed by atoms with E-state index in [1.165, 1.54) is 0 Å². The number of carbonyl (C=O) groups is 1. The summed E-state index contributed by atoms with van der Waals surface area (Å²) in [4.78, 5) is 10.3. The van der Waals surface area contributed by atoms with Crippen molar-refractivity contribution < 1.29 is 26.4 Å². The Morgan fingerprint density at radius 3 is 2.08 bits per heavy atom. The van der Waals surface area contributed by atoms with Crippen molar-refractivity contribution in [3.8, 4) is 0 Å². The van der Waals surface area contributed by atoms with Gasteiger partial charge in [-0.15, -0.1) is 0 Å². The molecule has 0 aliphatic heterocycles. The van der Waals surface area contributed by atoms with Gasteiger partial charge in [0.05, 0.1) is 0 Å². The number of aliphatic carboxylic acids is 1. The minimum atomic E-state index is -0.693. The van der Waals surface area contributed by atoms with E-state index in [9.17, 15) is 4.79 Å². The molecule has 12 heavy (non-hydrogen) atoms. The Labute approximate surface area is 84.7 Å². The summed E-state index contributed by atoms with van der Waals surface area (Å²) in [5, 5.41) is 8.48. The van der Waals surface area contributed by atoms with E-state index in [4.69, 9.17) is 5.11 Å². The van der Waals surface area contributed by atoms with Crippen molar-refractivity contribution in [3.63, 3.8) is 0 Å². The molecule has 0 heterocycles. The first-order chi connectivity index (χ1) is 4.81. The molecule has 0 saturated carbocycles. The van der Waals surface area contributed by atoms with Crippen molar-refractivity contribution in [1.29, 1.82) is 0 Å². The quantitative estimate of drug-likeness (QED) is 0.737. The van der Waals surface area contributed by atoms with Crippen LogP contribution in [0.15, 0.2) is 0 Å². The summed E-state index contributed by atoms with van der Waals surface area (Å²) in [5.41, 5.74) is 0.245. The van der Waals surface area contributed by atoms with Crippen LogP contribution in [0.1, 0.15) is 40.5 Å². The zero-order valence-corrected chi connectivity index (χ0v) is 9.15. The minimum absolute atomic E-state index is 0. The SMILES string of the molecule is CC(CC(=O)O)CC(C)(C)C.[Ni]. The molecule has 1 atom stereocenters. The first kappa shape index (κ1) is 14.5. The van der Waals surface area contributed by atoms with Crippen LogP contribution in [0.2, 0.25) is 0 Å². The third kappa shape index (κ3) is 9.96. The van der Waals surface area contributed by atoms with Crippen molar-refractivity contribution in [1.82, 2.24) is 0 Å². The summed E-state index contributed by atoms with van der Waals surface area (Å²) in [7, 11) is 0. The standard InChI is InChI=1S/C9H18O2.Ni/c1-7(5-8(10)11)6-9(2,3)4;/h7H,5-6H2,1-4H3,(H,10,11);. The summed E-state index contributed by atoms with van der Waals surface area (Å²) >= 11 is 0. The molecule has 0 spiro atoms. The monoisotopic (exact) mass is 216 g/mol. The van der Waals surface area contributed by atoms with Crippen LogP contribution >= 0.6 is 0 Å². The molecule has 0 aliphatic rings. The van der Waals surface area contributed by atoms with Gasteiger partial charge in [0.25, 0.3) is 0 Å². The molecule has 0 aromatic rings. The Morgan fingerprint density at radius 2 is 1.83 bits per heavy atom. The van der Waals surface area contributed by atoms with Gasteiger partial charge < -0.3 is 5.11 Å². The molecule has 0 bridgehead atoms. The largest absolute Gasteiger partial charge is 0.481 e. The van der Waals surface area contributed by atoms with Crippen molar-refractivity contribution in [2.24, 2.45) is 11.3 Å². The van der Waals surface area contributed by atoms with E-state index in [0.717, 1.165) is 6.42 Å². The Kier molecular flexibility index (Phi) is 6.74. The van der Waals surface area contributed by atoms with Crippen LogP contribution in [0.4, 0.5) is 0 Å². The molecular formula is C9H18NiO2. The first-order valence-electron chi connectivity index (χ1n) is 4.03. The van der Waals surface area contributed by atoms with E-state index in [2.05, 4.69) is 20.8 Å². The average molecular weight is 217 g/mol. The van der Waals surface area contributed by atoms with E-state index in [-0.39, 0.29) is 34.2 Å². The fourth-order valence-corrected chi connectivity index (χ4v) is 1.42. The van der Waals surface area contributed by atoms with Crippen LogP contribution in [0.5, 0.6) is 0 Å². The van der Waals surface area contributed by atoms with Gasteiger partial charge in [0.2, 0.25) is 0 Å². The zero-order valence-electron chi connectivity index (χ0n) is 8.16. The van der Waals surface area contributed by atoms with E-state index in [1.54, 1.807) is 0 Å². The van der Waals surface area contributed by atoms with Gasteiger partial charge in [0.15, 0.2) is 0 Å². The van der Waals surface area contributed by atoms with Gasteiger partial charge in [-0.1, -0.05) is 27.7 Å². The van der Waals surface area contributed by atoms with Gasteiger partial charge in [-0.25, -0.2) is 0 Å². The van der Waals surface area contributed by atoms with Crippen LogP contribution in [-0.2, 0) is 21.3 Å². The number of carboxylic acids is 1. The Bertz CT molecular complexity index is 138. The summed E-state index contributed by atoms with van der Waals surface area (Å²) < 4.78 is 0. The molecular weight excluding hydrogens is 199 g/mol. The predicted molar refractivity (Wildman–Crippen MR) is 45.5 cm³/mol. The average Bonchev–Trinajstić information content (AvgIpc) is 1.53. The van der Waals surface area contributed by atoms with Crippen LogP contribution in [0, 0.1) is 11.3 Å². The smallest absolute Gasteiger partial charge is 0.303 e. The number of hydrogen-bond acceptors (Lipinski definition) is 1. The van der Waals surface area contributed by atoms with Crippen LogP contribution in [0.25, 0.3) is 0 Å². The second kappa shape index (κ2) is 5.58. The molecule has 0 aromatic carbocycles. The Balaban J connectivity index is 0. The van der Waals surface area contributed by atoms with Crippen LogP contribution in [-0.4, -0.2) is 11.1 Å². The molecule has 2 nitrogen and oxygen atoms in total. The fourth-order valence-electron chi connectivity index (χ4n) is 1.42. The molecule has 0 saturated heterocycles. The minimum Gasteiger partial charge on any atom is -0.481 e. The maximum Gasteiger partial charge on any atom is 0.303 e. The van der Waals surface area contributed by atoms with Gasteiger partial charge in [0.1, 0.15) is 0 Å². The van der Waals surface area contributed by atoms with E-state index >= 15 is 0 Å². The molecule has 76 valence electrons. The second-order valence-electron chi connectivity index (χ2n) is 4.47. The molecule has 0 aliphatic carbocycles. The number of hydrogen-bond donors (Lipinski definition) is 1. The normalized spacial score (nSPS) is 13.3. The Morgan fingerprint density at radius 1 is 1.42 bits per heavy atom. The maximum atomic E-state index is 10.3. The summed E-state index contributed by atoms with van der Waals surface area (Å²) in [6.45, 7) is 8.38. The molecule has 1 N–H and O–H groups in total. The van der Waals surface area contributed by atoms with Gasteiger partial charge >= 0.3 is 5.97 Å². The Hall–Kier alpha value is -0.0365. The maximum absolute atomic E-state index is 10.3. The molecule has 0 fully saturated rings. The molecule has 0 rings (SSSR count). The van der Waals surface area contributed by atoms with E-state index in [1.807, 2.05) is 6.92 Å². The third-order valence-corrected chi connectivity index (χ3v) is 1.48. The fraction of sp³-hybridized carbons (Fsp3) is 0.889. The molecule has 3 heteroatoms. The molecule has 0 amide bonds. The van der Waals surface area contributed by atoms with Crippen molar-refractivity contribution in [2.45, 2.75) is 40.5 Å². The van der Waals surface area contributed by atoms with Gasteiger partial charge in [-0.2, -0.15) is 0 Å². The number of carboxylic acid groups (broad SMARTS) is 1. The zero-order chi connectivity index (χ0) is 9.07. The third-order valence-electron chi connectivity index (χ3n) is 1.48. The van der Waals surface area contributed by atoms with Gasteiger partial charge in [0, 0.05) is 22.9 Å². The predicted octanol–water partition coefficient (Wildman–Crippen LogP) is 2.53. The van der Waals surface area contributed by atoms with E-state index < -0.39 is 5.97 Å². The molecule has 0 aromatic heterocycles. The molecule has 0 radical (unpaired) electrons. The van der Waals surface area contributed by atoms with Crippen molar-refractivity contribution >= 4 is 5.97 Å². The van der Waals surface area contributed by atoms with Crippen molar-refractivity contribution in [3.05, 3.63) is 0 Å². The summed E-state index contributed by atoms with van der Waals surface area (Å²) in [6, 6.07) is 0. The second-order valence-corrected chi connectivity index (χ2v) is 4.47. The summed E-state index contributed by atoms with van der Waals surface area (Å²) in [5.74, 6) is -0.408. The van der Waals surface area contributed by atoms with Crippen LogP contribution in [0.3, 0.4) is 0 Å². The number of rotatable bonds is 3. The summed E-state index contributed by atoms with van der Waals surface area (Å²) in [6.07, 6.45) is 1.26. The first-order valence-corrected chi connectivity index (χ1v) is 4.03. The van der Waals surface area contributed by atoms with E-state index in [0.29, 0.717) is 0 Å². The molecule has 1 unspecified atom stereocenters. The van der Waals surface area contributed by atoms with Gasteiger partial charge in [-0.05, 0) is 17.8 Å². The topological polar surface area (TPSA) is 37.3 Å². The van der Waals surface area contributed by atoms with Crippen LogP contribution < -0.4 is 0 Å².